The molecule has 0 radical (unpaired) electrons. The van der Waals surface area contributed by atoms with Gasteiger partial charge in [-0.25, -0.2) is 13.6 Å². The molecule has 0 atom stereocenters. The third kappa shape index (κ3) is 3.94. The van der Waals surface area contributed by atoms with Crippen LogP contribution in [0.3, 0.4) is 0 Å². The molecule has 1 aromatic heterocycles. The summed E-state index contributed by atoms with van der Waals surface area (Å²) in [5.41, 5.74) is 1.95. The Kier molecular flexibility index (Phi) is 4.84. The summed E-state index contributed by atoms with van der Waals surface area (Å²) in [7, 11) is -3.65. The van der Waals surface area contributed by atoms with Gasteiger partial charge in [-0.1, -0.05) is 19.4 Å². The molecule has 17 heavy (non-hydrogen) atoms. The molecule has 0 unspecified atom stereocenters. The van der Waals surface area contributed by atoms with Crippen LogP contribution >= 0.6 is 0 Å². The van der Waals surface area contributed by atoms with Gasteiger partial charge in [-0.15, -0.1) is 0 Å². The van der Waals surface area contributed by atoms with Crippen LogP contribution in [0.5, 0.6) is 0 Å². The summed E-state index contributed by atoms with van der Waals surface area (Å²) in [6.45, 7) is 4.09. The van der Waals surface area contributed by atoms with Gasteiger partial charge in [0.05, 0.1) is 5.69 Å². The van der Waals surface area contributed by atoms with E-state index in [1.54, 1.807) is 6.07 Å². The maximum Gasteiger partial charge on any atom is 0.239 e. The molecular formula is C12H18N2O2S. The van der Waals surface area contributed by atoms with Crippen LogP contribution in [-0.2, 0) is 10.0 Å². The lowest BCUT2D eigenvalue weighted by atomic mass is 10.1. The van der Waals surface area contributed by atoms with Crippen LogP contribution < -0.4 is 5.14 Å². The summed E-state index contributed by atoms with van der Waals surface area (Å²) in [4.78, 5) is 4.19. The molecule has 0 saturated carbocycles. The first-order valence-corrected chi connectivity index (χ1v) is 7.18. The van der Waals surface area contributed by atoms with Crippen molar-refractivity contribution < 1.29 is 8.42 Å². The molecule has 94 valence electrons. The summed E-state index contributed by atoms with van der Waals surface area (Å²) in [6, 6.07) is 3.19. The van der Waals surface area contributed by atoms with Crippen molar-refractivity contribution in [2.75, 3.05) is 0 Å². The summed E-state index contributed by atoms with van der Waals surface area (Å²) < 4.78 is 22.2. The Bertz CT molecular complexity index is 490. The van der Waals surface area contributed by atoms with E-state index >= 15 is 0 Å². The van der Waals surface area contributed by atoms with E-state index < -0.39 is 10.0 Å². The zero-order valence-electron chi connectivity index (χ0n) is 10.2. The van der Waals surface area contributed by atoms with Crippen LogP contribution in [-0.4, -0.2) is 13.4 Å². The molecule has 0 aliphatic heterocycles. The smallest absolute Gasteiger partial charge is 0.239 e. The first-order chi connectivity index (χ1) is 7.99. The van der Waals surface area contributed by atoms with E-state index in [-0.39, 0.29) is 4.90 Å². The third-order valence-corrected chi connectivity index (χ3v) is 3.44. The lowest BCUT2D eigenvalue weighted by molar-refractivity contribution is 0.597. The fraction of sp³-hybridized carbons (Fsp3) is 0.417. The average molecular weight is 254 g/mol. The van der Waals surface area contributed by atoms with Gasteiger partial charge in [0.15, 0.2) is 0 Å². The topological polar surface area (TPSA) is 73.1 Å². The highest BCUT2D eigenvalue weighted by molar-refractivity contribution is 7.89. The van der Waals surface area contributed by atoms with Crippen molar-refractivity contribution in [3.05, 3.63) is 30.1 Å². The second kappa shape index (κ2) is 5.93. The van der Waals surface area contributed by atoms with Gasteiger partial charge in [-0.05, 0) is 37.5 Å². The van der Waals surface area contributed by atoms with E-state index in [2.05, 4.69) is 11.9 Å². The van der Waals surface area contributed by atoms with Gasteiger partial charge in [0.1, 0.15) is 4.90 Å². The van der Waals surface area contributed by atoms with Gasteiger partial charge in [0.2, 0.25) is 10.0 Å². The molecule has 0 spiro atoms. The number of allylic oxidation sites excluding steroid dienone is 2. The van der Waals surface area contributed by atoms with Crippen molar-refractivity contribution in [3.63, 3.8) is 0 Å². The summed E-state index contributed by atoms with van der Waals surface area (Å²) in [5.74, 6) is 0. The van der Waals surface area contributed by atoms with Crippen molar-refractivity contribution in [1.29, 1.82) is 0 Å². The van der Waals surface area contributed by atoms with Gasteiger partial charge in [0.25, 0.3) is 0 Å². The predicted octanol–water partition coefficient (Wildman–Crippen LogP) is 2.32. The van der Waals surface area contributed by atoms with Crippen LogP contribution in [0, 0.1) is 0 Å². The standard InChI is InChI=1S/C12H18N2O2S/c1-3-5-6-10(4-2)12-8-7-11(9-14-12)17(13,15)16/h4,7-9H,3,5-6H2,1-2H3,(H2,13,15,16). The first-order valence-electron chi connectivity index (χ1n) is 5.63. The maximum atomic E-state index is 11.1. The summed E-state index contributed by atoms with van der Waals surface area (Å²) in [5, 5.41) is 5.01. The minimum absolute atomic E-state index is 0.0483. The Morgan fingerprint density at radius 2 is 2.18 bits per heavy atom. The number of hydrogen-bond donors (Lipinski definition) is 1. The zero-order chi connectivity index (χ0) is 12.9. The van der Waals surface area contributed by atoms with Gasteiger partial charge in [0, 0.05) is 6.20 Å². The molecule has 2 N–H and O–H groups in total. The van der Waals surface area contributed by atoms with Gasteiger partial charge in [-0.2, -0.15) is 0 Å². The first kappa shape index (κ1) is 13.9. The second-order valence-corrected chi connectivity index (χ2v) is 5.40. The summed E-state index contributed by atoms with van der Waals surface area (Å²) in [6.07, 6.45) is 6.48. The minimum Gasteiger partial charge on any atom is -0.255 e. The number of unbranched alkanes of at least 4 members (excludes halogenated alkanes) is 1. The molecule has 0 saturated heterocycles. The second-order valence-electron chi connectivity index (χ2n) is 3.84. The number of aromatic nitrogens is 1. The molecule has 1 aromatic rings. The Morgan fingerprint density at radius 3 is 2.59 bits per heavy atom. The molecular weight excluding hydrogens is 236 g/mol. The predicted molar refractivity (Wildman–Crippen MR) is 68.8 cm³/mol. The van der Waals surface area contributed by atoms with Crippen LogP contribution in [0.2, 0.25) is 0 Å². The van der Waals surface area contributed by atoms with E-state index in [1.807, 2.05) is 13.0 Å². The number of primary sulfonamides is 1. The SMILES string of the molecule is CC=C(CCCC)c1ccc(S(N)(=O)=O)cn1. The Morgan fingerprint density at radius 1 is 1.47 bits per heavy atom. The van der Waals surface area contributed by atoms with E-state index in [0.29, 0.717) is 0 Å². The number of rotatable bonds is 5. The molecule has 0 aromatic carbocycles. The van der Waals surface area contributed by atoms with Crippen LogP contribution in [0.25, 0.3) is 5.57 Å². The van der Waals surface area contributed by atoms with Crippen molar-refractivity contribution in [2.45, 2.75) is 38.0 Å². The van der Waals surface area contributed by atoms with Gasteiger partial charge >= 0.3 is 0 Å². The lowest BCUT2D eigenvalue weighted by Gasteiger charge is -2.06. The molecule has 5 heteroatoms. The zero-order valence-corrected chi connectivity index (χ0v) is 11.0. The Hall–Kier alpha value is -1.20. The van der Waals surface area contributed by atoms with Crippen LogP contribution in [0.1, 0.15) is 38.8 Å². The molecule has 0 bridgehead atoms. The van der Waals surface area contributed by atoms with E-state index in [4.69, 9.17) is 5.14 Å². The number of pyridine rings is 1. The normalized spacial score (nSPS) is 12.8. The van der Waals surface area contributed by atoms with E-state index in [0.717, 1.165) is 30.5 Å². The van der Waals surface area contributed by atoms with Crippen molar-refractivity contribution in [2.24, 2.45) is 5.14 Å². The largest absolute Gasteiger partial charge is 0.255 e. The van der Waals surface area contributed by atoms with E-state index in [9.17, 15) is 8.42 Å². The minimum atomic E-state index is -3.65. The monoisotopic (exact) mass is 254 g/mol. The fourth-order valence-electron chi connectivity index (χ4n) is 1.53. The highest BCUT2D eigenvalue weighted by atomic mass is 32.2. The molecule has 4 nitrogen and oxygen atoms in total. The summed E-state index contributed by atoms with van der Waals surface area (Å²) >= 11 is 0. The van der Waals surface area contributed by atoms with Gasteiger partial charge < -0.3 is 0 Å². The van der Waals surface area contributed by atoms with E-state index in [1.165, 1.54) is 12.3 Å². The highest BCUT2D eigenvalue weighted by Crippen LogP contribution is 2.19. The molecule has 0 fully saturated rings. The number of hydrogen-bond acceptors (Lipinski definition) is 3. The van der Waals surface area contributed by atoms with Crippen molar-refractivity contribution in [1.82, 2.24) is 4.98 Å². The van der Waals surface area contributed by atoms with Crippen LogP contribution in [0.15, 0.2) is 29.3 Å². The molecule has 0 aliphatic carbocycles. The number of nitrogens with zero attached hydrogens (tertiary/aromatic N) is 1. The Labute approximate surface area is 103 Å². The number of sulfonamides is 1. The number of nitrogens with two attached hydrogens (primary N) is 1. The van der Waals surface area contributed by atoms with Gasteiger partial charge in [-0.3, -0.25) is 4.98 Å². The fourth-order valence-corrected chi connectivity index (χ4v) is 1.98. The third-order valence-electron chi connectivity index (χ3n) is 2.54. The average Bonchev–Trinajstić information content (AvgIpc) is 2.29. The lowest BCUT2D eigenvalue weighted by Crippen LogP contribution is -2.12. The molecule has 0 aliphatic rings. The van der Waals surface area contributed by atoms with Crippen LogP contribution in [0.4, 0.5) is 0 Å². The molecule has 0 amide bonds. The van der Waals surface area contributed by atoms with Crippen molar-refractivity contribution in [3.8, 4) is 0 Å². The highest BCUT2D eigenvalue weighted by Gasteiger charge is 2.09. The Balaban J connectivity index is 2.94. The quantitative estimate of drug-likeness (QED) is 0.876. The molecule has 1 rings (SSSR count). The molecule has 1 heterocycles. The maximum absolute atomic E-state index is 11.1. The van der Waals surface area contributed by atoms with Crippen molar-refractivity contribution >= 4 is 15.6 Å².